The quantitative estimate of drug-likeness (QED) is 0.393. The van der Waals surface area contributed by atoms with Crippen LogP contribution in [0.25, 0.3) is 11.4 Å². The summed E-state index contributed by atoms with van der Waals surface area (Å²) in [5.41, 5.74) is 9.42. The Bertz CT molecular complexity index is 1140. The molecule has 10 heteroatoms. The fourth-order valence-electron chi connectivity index (χ4n) is 3.55. The molecule has 0 saturated carbocycles. The Morgan fingerprint density at radius 1 is 1.03 bits per heavy atom. The van der Waals surface area contributed by atoms with Crippen molar-refractivity contribution < 1.29 is 14.3 Å². The third-order valence-electron chi connectivity index (χ3n) is 5.29. The van der Waals surface area contributed by atoms with Crippen molar-refractivity contribution in [2.45, 2.75) is 6.92 Å². The highest BCUT2D eigenvalue weighted by Gasteiger charge is 2.20. The van der Waals surface area contributed by atoms with Crippen LogP contribution in [0.5, 0.6) is 0 Å². The van der Waals surface area contributed by atoms with E-state index in [9.17, 15) is 9.59 Å². The summed E-state index contributed by atoms with van der Waals surface area (Å²) in [4.78, 5) is 34.5. The highest BCUT2D eigenvalue weighted by Crippen LogP contribution is 2.31. The highest BCUT2D eigenvalue weighted by molar-refractivity contribution is 6.00. The third-order valence-corrected chi connectivity index (χ3v) is 5.29. The van der Waals surface area contributed by atoms with Crippen LogP contribution in [-0.4, -0.2) is 55.1 Å². The summed E-state index contributed by atoms with van der Waals surface area (Å²) < 4.78 is 5.45. The summed E-state index contributed by atoms with van der Waals surface area (Å²) in [6.07, 6.45) is 0.751. The van der Waals surface area contributed by atoms with Crippen LogP contribution in [0, 0.1) is 0 Å². The van der Waals surface area contributed by atoms with Crippen molar-refractivity contribution in [3.63, 3.8) is 0 Å². The Balaban J connectivity index is 1.50. The summed E-state index contributed by atoms with van der Waals surface area (Å²) in [5.74, 6) is 1.82. The molecule has 0 aliphatic carbocycles. The summed E-state index contributed by atoms with van der Waals surface area (Å²) in [7, 11) is 0. The first-order valence-electron chi connectivity index (χ1n) is 11.0. The molecule has 2 heterocycles. The monoisotopic (exact) mass is 461 g/mol. The van der Waals surface area contributed by atoms with E-state index in [0.717, 1.165) is 11.8 Å². The van der Waals surface area contributed by atoms with E-state index in [-0.39, 0.29) is 6.03 Å². The number of nitrogens with zero attached hydrogens (tertiary/aromatic N) is 3. The van der Waals surface area contributed by atoms with Crippen LogP contribution < -0.4 is 26.6 Å². The van der Waals surface area contributed by atoms with E-state index in [4.69, 9.17) is 15.5 Å². The number of nitrogens with two attached hydrogens (primary N) is 1. The molecular weight excluding hydrogens is 434 g/mol. The molecule has 0 atom stereocenters. The second-order valence-electron chi connectivity index (χ2n) is 7.66. The second kappa shape index (κ2) is 10.6. The fourth-order valence-corrected chi connectivity index (χ4v) is 3.55. The lowest BCUT2D eigenvalue weighted by Crippen LogP contribution is -2.37. The zero-order chi connectivity index (χ0) is 23.9. The van der Waals surface area contributed by atoms with E-state index in [1.54, 1.807) is 36.4 Å². The van der Waals surface area contributed by atoms with Gasteiger partial charge in [0.05, 0.1) is 13.2 Å². The van der Waals surface area contributed by atoms with Crippen LogP contribution in [0.3, 0.4) is 0 Å². The number of anilines is 5. The van der Waals surface area contributed by atoms with E-state index in [1.807, 2.05) is 19.1 Å². The molecule has 0 radical (unpaired) electrons. The Morgan fingerprint density at radius 2 is 1.65 bits per heavy atom. The average Bonchev–Trinajstić information content (AvgIpc) is 2.87. The molecule has 0 unspecified atom stereocenters. The first-order valence-corrected chi connectivity index (χ1v) is 11.0. The van der Waals surface area contributed by atoms with E-state index < -0.39 is 0 Å². The van der Waals surface area contributed by atoms with E-state index >= 15 is 0 Å². The predicted octanol–water partition coefficient (Wildman–Crippen LogP) is 3.45. The molecule has 10 nitrogen and oxygen atoms in total. The lowest BCUT2D eigenvalue weighted by Gasteiger charge is -2.29. The van der Waals surface area contributed by atoms with Gasteiger partial charge in [0, 0.05) is 42.1 Å². The van der Waals surface area contributed by atoms with Gasteiger partial charge in [0.2, 0.25) is 0 Å². The number of benzene rings is 2. The molecule has 0 spiro atoms. The number of rotatable bonds is 7. The third kappa shape index (κ3) is 5.41. The number of hydrogen-bond donors (Lipinski definition) is 4. The maximum atomic E-state index is 12.3. The van der Waals surface area contributed by atoms with Gasteiger partial charge in [0.1, 0.15) is 12.0 Å². The Kier molecular flexibility index (Phi) is 7.19. The Morgan fingerprint density at radius 3 is 2.24 bits per heavy atom. The number of ether oxygens (including phenoxy) is 1. The molecule has 1 aromatic heterocycles. The van der Waals surface area contributed by atoms with Crippen LogP contribution in [-0.2, 0) is 4.74 Å². The van der Waals surface area contributed by atoms with Crippen molar-refractivity contribution in [1.29, 1.82) is 0 Å². The van der Waals surface area contributed by atoms with Gasteiger partial charge < -0.3 is 31.3 Å². The van der Waals surface area contributed by atoms with Gasteiger partial charge in [-0.3, -0.25) is 4.79 Å². The minimum absolute atomic E-state index is 0.389. The number of morpholine rings is 1. The number of hydrogen-bond acceptors (Lipinski definition) is 8. The molecule has 2 aromatic carbocycles. The van der Waals surface area contributed by atoms with Gasteiger partial charge in [-0.25, -0.2) is 14.8 Å². The molecule has 2 amide bonds. The number of carbonyl (C=O) groups is 2. The van der Waals surface area contributed by atoms with Crippen molar-refractivity contribution >= 4 is 41.0 Å². The maximum Gasteiger partial charge on any atom is 0.323 e. The van der Waals surface area contributed by atoms with Crippen molar-refractivity contribution in [2.24, 2.45) is 0 Å². The smallest absolute Gasteiger partial charge is 0.323 e. The molecule has 34 heavy (non-hydrogen) atoms. The van der Waals surface area contributed by atoms with Gasteiger partial charge in [-0.05, 0) is 55.5 Å². The van der Waals surface area contributed by atoms with E-state index in [1.165, 1.54) is 0 Å². The first-order chi connectivity index (χ1) is 16.6. The van der Waals surface area contributed by atoms with Gasteiger partial charge in [-0.1, -0.05) is 0 Å². The second-order valence-corrected chi connectivity index (χ2v) is 7.66. The molecule has 4 rings (SSSR count). The Hall–Kier alpha value is -4.18. The zero-order valence-corrected chi connectivity index (χ0v) is 18.9. The molecule has 1 saturated heterocycles. The molecule has 176 valence electrons. The fraction of sp³-hybridized carbons (Fsp3) is 0.250. The standard InChI is InChI=1S/C24H27N7O3/c1-2-26-22-20(25)23(31-11-13-34-14-12-31)30-21(29-22)17-5-9-19(10-6-17)28-24(33)27-18-7-3-16(15-32)4-8-18/h3-10,15H,2,11-14,25H2,1H3,(H,26,29,30)(H2,27,28,33). The molecule has 1 fully saturated rings. The van der Waals surface area contributed by atoms with Crippen molar-refractivity contribution in [3.8, 4) is 11.4 Å². The number of aromatic nitrogens is 2. The van der Waals surface area contributed by atoms with Crippen LogP contribution >= 0.6 is 0 Å². The lowest BCUT2D eigenvalue weighted by atomic mass is 10.2. The minimum Gasteiger partial charge on any atom is -0.393 e. The molecular formula is C24H27N7O3. The number of aldehydes is 1. The van der Waals surface area contributed by atoms with E-state index in [2.05, 4.69) is 25.8 Å². The van der Waals surface area contributed by atoms with Crippen molar-refractivity contribution in [3.05, 3.63) is 54.1 Å². The number of carbonyl (C=O) groups excluding carboxylic acids is 2. The topological polar surface area (TPSA) is 134 Å². The molecule has 5 N–H and O–H groups in total. The molecule has 3 aromatic rings. The number of urea groups is 1. The highest BCUT2D eigenvalue weighted by atomic mass is 16.5. The van der Waals surface area contributed by atoms with Crippen molar-refractivity contribution in [1.82, 2.24) is 9.97 Å². The average molecular weight is 462 g/mol. The number of amides is 2. The number of nitrogen functional groups attached to an aromatic ring is 1. The van der Waals surface area contributed by atoms with Crippen LogP contribution in [0.15, 0.2) is 48.5 Å². The predicted molar refractivity (Wildman–Crippen MR) is 134 cm³/mol. The largest absolute Gasteiger partial charge is 0.393 e. The maximum absolute atomic E-state index is 12.3. The van der Waals surface area contributed by atoms with Crippen LogP contribution in [0.4, 0.5) is 33.5 Å². The zero-order valence-electron chi connectivity index (χ0n) is 18.9. The van der Waals surface area contributed by atoms with Gasteiger partial charge in [-0.15, -0.1) is 0 Å². The van der Waals surface area contributed by atoms with Gasteiger partial charge in [-0.2, -0.15) is 0 Å². The van der Waals surface area contributed by atoms with Gasteiger partial charge in [0.15, 0.2) is 17.5 Å². The first kappa shape index (κ1) is 23.0. The van der Waals surface area contributed by atoms with Gasteiger partial charge >= 0.3 is 6.03 Å². The molecule has 1 aliphatic rings. The normalized spacial score (nSPS) is 13.3. The summed E-state index contributed by atoms with van der Waals surface area (Å²) >= 11 is 0. The number of nitrogens with one attached hydrogen (secondary N) is 3. The van der Waals surface area contributed by atoms with Crippen molar-refractivity contribution in [2.75, 3.05) is 59.4 Å². The summed E-state index contributed by atoms with van der Waals surface area (Å²) in [6, 6.07) is 13.5. The lowest BCUT2D eigenvalue weighted by molar-refractivity contribution is 0.112. The van der Waals surface area contributed by atoms with Gasteiger partial charge in [0.25, 0.3) is 0 Å². The Labute approximate surface area is 197 Å². The summed E-state index contributed by atoms with van der Waals surface area (Å²) in [5, 5.41) is 8.73. The molecule has 1 aliphatic heterocycles. The van der Waals surface area contributed by atoms with Crippen LogP contribution in [0.1, 0.15) is 17.3 Å². The summed E-state index contributed by atoms with van der Waals surface area (Å²) in [6.45, 7) is 5.33. The van der Waals surface area contributed by atoms with Crippen LogP contribution in [0.2, 0.25) is 0 Å². The SMILES string of the molecule is CCNc1nc(-c2ccc(NC(=O)Nc3ccc(C=O)cc3)cc2)nc(N2CCOCC2)c1N. The minimum atomic E-state index is -0.389. The molecule has 0 bridgehead atoms. The van der Waals surface area contributed by atoms with E-state index in [0.29, 0.717) is 72.9 Å².